The van der Waals surface area contributed by atoms with Gasteiger partial charge >= 0.3 is 0 Å². The molecule has 0 amide bonds. The Morgan fingerprint density at radius 3 is 1.07 bits per heavy atom. The Bertz CT molecular complexity index is 777. The minimum absolute atomic E-state index is 0.0618. The maximum absolute atomic E-state index is 5.98. The van der Waals surface area contributed by atoms with Crippen molar-refractivity contribution < 1.29 is 14.2 Å². The molecule has 28 heavy (non-hydrogen) atoms. The van der Waals surface area contributed by atoms with Crippen LogP contribution in [0.15, 0.2) is 72.8 Å². The monoisotopic (exact) mass is 374 g/mol. The van der Waals surface area contributed by atoms with E-state index in [-0.39, 0.29) is 6.71 Å². The van der Waals surface area contributed by atoms with E-state index in [0.717, 1.165) is 33.6 Å². The zero-order valence-electron chi connectivity index (χ0n) is 16.9. The van der Waals surface area contributed by atoms with Crippen molar-refractivity contribution in [1.82, 2.24) is 0 Å². The number of benzene rings is 3. The summed E-state index contributed by atoms with van der Waals surface area (Å²) in [7, 11) is 0. The molecule has 3 aromatic rings. The van der Waals surface area contributed by atoms with E-state index in [1.165, 1.54) is 0 Å². The van der Waals surface area contributed by atoms with Crippen LogP contribution in [0.3, 0.4) is 0 Å². The largest absolute Gasteiger partial charge is 0.494 e. The minimum Gasteiger partial charge on any atom is -0.494 e. The quantitative estimate of drug-likeness (QED) is 0.538. The van der Waals surface area contributed by atoms with E-state index in [1.807, 2.05) is 57.2 Å². The van der Waals surface area contributed by atoms with Crippen molar-refractivity contribution in [2.45, 2.75) is 20.8 Å². The maximum Gasteiger partial charge on any atom is 0.255 e. The Balaban J connectivity index is 2.25. The molecule has 0 radical (unpaired) electrons. The van der Waals surface area contributed by atoms with Crippen LogP contribution in [0.25, 0.3) is 0 Å². The summed E-state index contributed by atoms with van der Waals surface area (Å²) < 4.78 is 17.9. The number of hydrogen-bond donors (Lipinski definition) is 0. The third-order valence-corrected chi connectivity index (χ3v) is 4.59. The Morgan fingerprint density at radius 1 is 0.500 bits per heavy atom. The van der Waals surface area contributed by atoms with Crippen LogP contribution in [0.4, 0.5) is 0 Å². The lowest BCUT2D eigenvalue weighted by molar-refractivity contribution is 0.341. The second-order valence-corrected chi connectivity index (χ2v) is 6.35. The first kappa shape index (κ1) is 19.9. The average Bonchev–Trinajstić information content (AvgIpc) is 2.72. The molecular weight excluding hydrogens is 347 g/mol. The molecule has 0 saturated carbocycles. The second kappa shape index (κ2) is 9.89. The average molecular weight is 374 g/mol. The highest BCUT2D eigenvalue weighted by molar-refractivity contribution is 6.97. The zero-order valence-corrected chi connectivity index (χ0v) is 16.9. The summed E-state index contributed by atoms with van der Waals surface area (Å²) in [5, 5.41) is 0. The molecule has 0 fully saturated rings. The molecule has 0 saturated heterocycles. The molecule has 0 atom stereocenters. The summed E-state index contributed by atoms with van der Waals surface area (Å²) in [6.07, 6.45) is 0. The number of ether oxygens (including phenoxy) is 3. The first-order valence-electron chi connectivity index (χ1n) is 9.95. The smallest absolute Gasteiger partial charge is 0.255 e. The third-order valence-electron chi connectivity index (χ3n) is 4.59. The number of hydrogen-bond acceptors (Lipinski definition) is 3. The third kappa shape index (κ3) is 4.33. The summed E-state index contributed by atoms with van der Waals surface area (Å²) in [5.41, 5.74) is 3.30. The lowest BCUT2D eigenvalue weighted by Gasteiger charge is -2.23. The SMILES string of the molecule is CCOc1ccccc1B(c1ccccc1OCC)c1ccccc1OCC. The van der Waals surface area contributed by atoms with Gasteiger partial charge in [-0.3, -0.25) is 0 Å². The van der Waals surface area contributed by atoms with Gasteiger partial charge in [-0.1, -0.05) is 54.6 Å². The predicted octanol–water partition coefficient (Wildman–Crippen LogP) is 3.40. The first-order valence-corrected chi connectivity index (χ1v) is 9.95. The van der Waals surface area contributed by atoms with Crippen molar-refractivity contribution in [2.75, 3.05) is 19.8 Å². The predicted molar refractivity (Wildman–Crippen MR) is 117 cm³/mol. The molecule has 0 aromatic heterocycles. The molecule has 144 valence electrons. The van der Waals surface area contributed by atoms with Gasteiger partial charge in [-0.2, -0.15) is 0 Å². The van der Waals surface area contributed by atoms with E-state index in [9.17, 15) is 0 Å². The summed E-state index contributed by atoms with van der Waals surface area (Å²) in [6.45, 7) is 7.81. The van der Waals surface area contributed by atoms with Crippen LogP contribution in [0.2, 0.25) is 0 Å². The molecular formula is C24H27BO3. The van der Waals surface area contributed by atoms with Crippen LogP contribution in [0, 0.1) is 0 Å². The fraction of sp³-hybridized carbons (Fsp3) is 0.250. The van der Waals surface area contributed by atoms with Gasteiger partial charge in [0.1, 0.15) is 17.2 Å². The van der Waals surface area contributed by atoms with Gasteiger partial charge in [-0.15, -0.1) is 0 Å². The van der Waals surface area contributed by atoms with E-state index in [0.29, 0.717) is 19.8 Å². The topological polar surface area (TPSA) is 27.7 Å². The highest BCUT2D eigenvalue weighted by Crippen LogP contribution is 2.17. The summed E-state index contributed by atoms with van der Waals surface area (Å²) in [5.74, 6) is 2.65. The normalized spacial score (nSPS) is 10.4. The van der Waals surface area contributed by atoms with Gasteiger partial charge < -0.3 is 14.2 Å². The zero-order chi connectivity index (χ0) is 19.8. The van der Waals surface area contributed by atoms with Crippen molar-refractivity contribution >= 4 is 23.1 Å². The van der Waals surface area contributed by atoms with Crippen molar-refractivity contribution in [3.8, 4) is 17.2 Å². The number of para-hydroxylation sites is 3. The van der Waals surface area contributed by atoms with Gasteiger partial charge in [-0.25, -0.2) is 0 Å². The van der Waals surface area contributed by atoms with Gasteiger partial charge in [0.25, 0.3) is 6.71 Å². The van der Waals surface area contributed by atoms with Gasteiger partial charge in [0.2, 0.25) is 0 Å². The Kier molecular flexibility index (Phi) is 7.02. The van der Waals surface area contributed by atoms with E-state index in [1.54, 1.807) is 0 Å². The Morgan fingerprint density at radius 2 is 0.786 bits per heavy atom. The Hall–Kier alpha value is -2.88. The highest BCUT2D eigenvalue weighted by Gasteiger charge is 2.30. The van der Waals surface area contributed by atoms with Crippen LogP contribution >= 0.6 is 0 Å². The molecule has 0 aliphatic heterocycles. The molecule has 0 aliphatic rings. The van der Waals surface area contributed by atoms with Crippen LogP contribution in [0.1, 0.15) is 20.8 Å². The van der Waals surface area contributed by atoms with Gasteiger partial charge in [0, 0.05) is 0 Å². The first-order chi connectivity index (χ1) is 13.8. The molecule has 0 aliphatic carbocycles. The summed E-state index contributed by atoms with van der Waals surface area (Å²) >= 11 is 0. The minimum atomic E-state index is -0.0618. The lowest BCUT2D eigenvalue weighted by atomic mass is 9.36. The number of rotatable bonds is 9. The second-order valence-electron chi connectivity index (χ2n) is 6.35. The Labute approximate surface area is 168 Å². The molecule has 3 nitrogen and oxygen atoms in total. The fourth-order valence-electron chi connectivity index (χ4n) is 3.52. The fourth-order valence-corrected chi connectivity index (χ4v) is 3.52. The van der Waals surface area contributed by atoms with Crippen LogP contribution in [-0.4, -0.2) is 26.5 Å². The molecule has 3 rings (SSSR count). The molecule has 0 spiro atoms. The molecule has 0 N–H and O–H groups in total. The molecule has 0 bridgehead atoms. The summed E-state index contributed by atoms with van der Waals surface area (Å²) in [4.78, 5) is 0. The van der Waals surface area contributed by atoms with Crippen molar-refractivity contribution in [2.24, 2.45) is 0 Å². The van der Waals surface area contributed by atoms with Gasteiger partial charge in [-0.05, 0) is 55.4 Å². The standard InChI is InChI=1S/C24H27BO3/c1-4-26-22-16-10-7-13-19(22)25(20-14-8-11-17-23(20)27-5-2)21-15-9-12-18-24(21)28-6-3/h7-18H,4-6H2,1-3H3. The van der Waals surface area contributed by atoms with E-state index in [4.69, 9.17) is 14.2 Å². The van der Waals surface area contributed by atoms with E-state index >= 15 is 0 Å². The van der Waals surface area contributed by atoms with E-state index < -0.39 is 0 Å². The summed E-state index contributed by atoms with van der Waals surface area (Å²) in [6, 6.07) is 24.6. The molecule has 3 aromatic carbocycles. The van der Waals surface area contributed by atoms with Crippen molar-refractivity contribution in [1.29, 1.82) is 0 Å². The van der Waals surface area contributed by atoms with Crippen molar-refractivity contribution in [3.05, 3.63) is 72.8 Å². The van der Waals surface area contributed by atoms with Gasteiger partial charge in [0.05, 0.1) is 19.8 Å². The maximum atomic E-state index is 5.98. The van der Waals surface area contributed by atoms with Crippen LogP contribution < -0.4 is 30.6 Å². The van der Waals surface area contributed by atoms with Gasteiger partial charge in [0.15, 0.2) is 0 Å². The molecule has 0 heterocycles. The van der Waals surface area contributed by atoms with Crippen molar-refractivity contribution in [3.63, 3.8) is 0 Å². The lowest BCUT2D eigenvalue weighted by Crippen LogP contribution is -2.53. The highest BCUT2D eigenvalue weighted by atomic mass is 16.5. The van der Waals surface area contributed by atoms with E-state index in [2.05, 4.69) is 36.4 Å². The van der Waals surface area contributed by atoms with Crippen LogP contribution in [0.5, 0.6) is 17.2 Å². The molecule has 4 heteroatoms. The molecule has 0 unspecified atom stereocenters. The van der Waals surface area contributed by atoms with Crippen LogP contribution in [-0.2, 0) is 0 Å².